The van der Waals surface area contributed by atoms with E-state index in [1.54, 1.807) is 0 Å². The zero-order valence-corrected chi connectivity index (χ0v) is 22.5. The maximum atomic E-state index is 14.1. The fourth-order valence-electron chi connectivity index (χ4n) is 6.64. The number of amides is 1. The molecule has 0 saturated heterocycles. The smallest absolute Gasteiger partial charge is 0.257 e. The van der Waals surface area contributed by atoms with Crippen LogP contribution in [0, 0.1) is 12.8 Å². The van der Waals surface area contributed by atoms with Crippen molar-refractivity contribution in [1.29, 1.82) is 0 Å². The van der Waals surface area contributed by atoms with Crippen molar-refractivity contribution in [3.05, 3.63) is 135 Å². The molecule has 1 aliphatic heterocycles. The normalized spacial score (nSPS) is 16.3. The van der Waals surface area contributed by atoms with Gasteiger partial charge >= 0.3 is 0 Å². The third-order valence-corrected chi connectivity index (χ3v) is 8.54. The van der Waals surface area contributed by atoms with E-state index in [0.717, 1.165) is 40.8 Å². The Morgan fingerprint density at radius 1 is 0.821 bits per heavy atom. The molecule has 0 N–H and O–H groups in total. The highest BCUT2D eigenvalue weighted by molar-refractivity contribution is 5.84. The number of nitrogens with zero attached hydrogens (tertiary/aromatic N) is 3. The largest absolute Gasteiger partial charge is 0.336 e. The van der Waals surface area contributed by atoms with E-state index in [-0.39, 0.29) is 23.4 Å². The standard InChI is InChI=1S/C34H35N3O2/c1-24-35-30-23-36(34(39)31(26-15-11-12-16-26)25-13-5-2-6-14-25)22-21-29(30)33(38)37(24)32(27-17-7-3-8-18-27)28-19-9-4-10-20-28/h2-10,13-14,17-20,26,31-32H,11-12,15-16,21-23H2,1H3. The van der Waals surface area contributed by atoms with Gasteiger partial charge in [0.1, 0.15) is 5.82 Å². The van der Waals surface area contributed by atoms with Gasteiger partial charge in [-0.2, -0.15) is 0 Å². The van der Waals surface area contributed by atoms with E-state index >= 15 is 0 Å². The Hall–Kier alpha value is -3.99. The molecule has 1 aliphatic carbocycles. The van der Waals surface area contributed by atoms with Crippen LogP contribution in [0.2, 0.25) is 0 Å². The molecule has 1 saturated carbocycles. The number of benzene rings is 3. The topological polar surface area (TPSA) is 55.2 Å². The lowest BCUT2D eigenvalue weighted by molar-refractivity contribution is -0.135. The molecule has 5 nitrogen and oxygen atoms in total. The van der Waals surface area contributed by atoms with Crippen molar-refractivity contribution in [1.82, 2.24) is 14.5 Å². The van der Waals surface area contributed by atoms with Crippen LogP contribution in [0.5, 0.6) is 0 Å². The molecule has 6 rings (SSSR count). The van der Waals surface area contributed by atoms with Gasteiger partial charge in [-0.05, 0) is 48.8 Å². The van der Waals surface area contributed by atoms with Gasteiger partial charge < -0.3 is 4.90 Å². The van der Waals surface area contributed by atoms with Gasteiger partial charge in [0.05, 0.1) is 24.2 Å². The first kappa shape index (κ1) is 25.3. The summed E-state index contributed by atoms with van der Waals surface area (Å²) >= 11 is 0. The van der Waals surface area contributed by atoms with Gasteiger partial charge in [-0.15, -0.1) is 0 Å². The lowest BCUT2D eigenvalue weighted by Gasteiger charge is -2.34. The van der Waals surface area contributed by atoms with Crippen molar-refractivity contribution in [3.63, 3.8) is 0 Å². The number of carbonyl (C=O) groups is 1. The van der Waals surface area contributed by atoms with E-state index in [1.807, 2.05) is 71.0 Å². The molecular weight excluding hydrogens is 482 g/mol. The summed E-state index contributed by atoms with van der Waals surface area (Å²) in [4.78, 5) is 35.0. The first-order valence-corrected chi connectivity index (χ1v) is 14.2. The molecule has 1 aromatic heterocycles. The van der Waals surface area contributed by atoms with Crippen LogP contribution < -0.4 is 5.56 Å². The summed E-state index contributed by atoms with van der Waals surface area (Å²) in [6, 6.07) is 30.3. The second-order valence-electron chi connectivity index (χ2n) is 10.9. The van der Waals surface area contributed by atoms with Crippen LogP contribution in [0.1, 0.15) is 71.4 Å². The highest BCUT2D eigenvalue weighted by Crippen LogP contribution is 2.39. The third-order valence-electron chi connectivity index (χ3n) is 8.54. The van der Waals surface area contributed by atoms with E-state index in [9.17, 15) is 9.59 Å². The molecule has 2 aliphatic rings. The zero-order valence-electron chi connectivity index (χ0n) is 22.5. The molecule has 1 fully saturated rings. The highest BCUT2D eigenvalue weighted by Gasteiger charge is 2.37. The van der Waals surface area contributed by atoms with Crippen molar-refractivity contribution in [2.45, 2.75) is 57.5 Å². The average molecular weight is 518 g/mol. The molecule has 1 atom stereocenters. The maximum Gasteiger partial charge on any atom is 0.257 e. The Morgan fingerprint density at radius 2 is 1.36 bits per heavy atom. The minimum atomic E-state index is -0.262. The average Bonchev–Trinajstić information content (AvgIpc) is 3.51. The molecule has 2 heterocycles. The molecule has 4 aromatic rings. The fourth-order valence-corrected chi connectivity index (χ4v) is 6.64. The van der Waals surface area contributed by atoms with Gasteiger partial charge in [-0.1, -0.05) is 104 Å². The van der Waals surface area contributed by atoms with Gasteiger partial charge in [0.15, 0.2) is 0 Å². The Balaban J connectivity index is 1.35. The highest BCUT2D eigenvalue weighted by atomic mass is 16.2. The van der Waals surface area contributed by atoms with Crippen molar-refractivity contribution >= 4 is 5.91 Å². The number of aromatic nitrogens is 2. The van der Waals surface area contributed by atoms with Gasteiger partial charge in [0.2, 0.25) is 5.91 Å². The van der Waals surface area contributed by atoms with Crippen molar-refractivity contribution in [2.24, 2.45) is 5.92 Å². The van der Waals surface area contributed by atoms with Crippen LogP contribution in [-0.2, 0) is 17.8 Å². The van der Waals surface area contributed by atoms with Crippen LogP contribution in [-0.4, -0.2) is 26.9 Å². The summed E-state index contributed by atoms with van der Waals surface area (Å²) in [6.45, 7) is 2.85. The van der Waals surface area contributed by atoms with E-state index in [4.69, 9.17) is 4.98 Å². The number of fused-ring (bicyclic) bond motifs is 1. The summed E-state index contributed by atoms with van der Waals surface area (Å²) in [5.74, 6) is 1.09. The SMILES string of the molecule is Cc1nc2c(c(=O)n1C(c1ccccc1)c1ccccc1)CCN(C(=O)C(c1ccccc1)C1CCCC1)C2. The number of hydrogen-bond acceptors (Lipinski definition) is 3. The predicted octanol–water partition coefficient (Wildman–Crippen LogP) is 6.05. The van der Waals surface area contributed by atoms with Gasteiger partial charge in [0, 0.05) is 12.1 Å². The van der Waals surface area contributed by atoms with Gasteiger partial charge in [0.25, 0.3) is 5.56 Å². The molecular formula is C34H35N3O2. The third kappa shape index (κ3) is 4.94. The molecule has 0 spiro atoms. The van der Waals surface area contributed by atoms with Crippen LogP contribution in [0.3, 0.4) is 0 Å². The van der Waals surface area contributed by atoms with Gasteiger partial charge in [-0.3, -0.25) is 14.2 Å². The number of hydrogen-bond donors (Lipinski definition) is 0. The minimum absolute atomic E-state index is 0.00212. The molecule has 5 heteroatoms. The summed E-state index contributed by atoms with van der Waals surface area (Å²) in [7, 11) is 0. The van der Waals surface area contributed by atoms with E-state index in [0.29, 0.717) is 31.3 Å². The second kappa shape index (κ2) is 11.0. The lowest BCUT2D eigenvalue weighted by Crippen LogP contribution is -2.44. The summed E-state index contributed by atoms with van der Waals surface area (Å²) in [5.41, 5.74) is 4.67. The minimum Gasteiger partial charge on any atom is -0.336 e. The summed E-state index contributed by atoms with van der Waals surface area (Å²) in [6.07, 6.45) is 5.09. The molecule has 39 heavy (non-hydrogen) atoms. The summed E-state index contributed by atoms with van der Waals surface area (Å²) < 4.78 is 1.84. The van der Waals surface area contributed by atoms with Crippen LogP contribution >= 0.6 is 0 Å². The Morgan fingerprint density at radius 3 is 1.92 bits per heavy atom. The zero-order chi connectivity index (χ0) is 26.8. The van der Waals surface area contributed by atoms with E-state index in [1.165, 1.54) is 12.8 Å². The fraction of sp³-hybridized carbons (Fsp3) is 0.324. The molecule has 1 unspecified atom stereocenters. The van der Waals surface area contributed by atoms with Crippen molar-refractivity contribution in [2.75, 3.05) is 6.54 Å². The Kier molecular flexibility index (Phi) is 7.14. The Labute approximate surface area is 230 Å². The first-order chi connectivity index (χ1) is 19.1. The molecule has 1 amide bonds. The number of aryl methyl sites for hydroxylation is 1. The Bertz CT molecular complexity index is 1450. The molecule has 3 aromatic carbocycles. The quantitative estimate of drug-likeness (QED) is 0.313. The molecule has 0 bridgehead atoms. The van der Waals surface area contributed by atoms with Crippen molar-refractivity contribution < 1.29 is 4.79 Å². The monoisotopic (exact) mass is 517 g/mol. The van der Waals surface area contributed by atoms with Gasteiger partial charge in [-0.25, -0.2) is 4.98 Å². The number of rotatable bonds is 6. The maximum absolute atomic E-state index is 14.1. The first-order valence-electron chi connectivity index (χ1n) is 14.2. The molecule has 198 valence electrons. The number of carbonyl (C=O) groups excluding carboxylic acids is 1. The van der Waals surface area contributed by atoms with Crippen LogP contribution in [0.4, 0.5) is 0 Å². The summed E-state index contributed by atoms with van der Waals surface area (Å²) in [5, 5.41) is 0. The van der Waals surface area contributed by atoms with Crippen molar-refractivity contribution in [3.8, 4) is 0 Å². The van der Waals surface area contributed by atoms with E-state index < -0.39 is 0 Å². The van der Waals surface area contributed by atoms with Crippen LogP contribution in [0.25, 0.3) is 0 Å². The van der Waals surface area contributed by atoms with Crippen LogP contribution in [0.15, 0.2) is 95.8 Å². The molecule has 0 radical (unpaired) electrons. The lowest BCUT2D eigenvalue weighted by atomic mass is 9.83. The predicted molar refractivity (Wildman–Crippen MR) is 154 cm³/mol. The second-order valence-corrected chi connectivity index (χ2v) is 10.9. The van der Waals surface area contributed by atoms with E-state index in [2.05, 4.69) is 36.4 Å².